The first kappa shape index (κ1) is 26.6. The summed E-state index contributed by atoms with van der Waals surface area (Å²) in [7, 11) is -4.28. The summed E-state index contributed by atoms with van der Waals surface area (Å²) in [5, 5.41) is 3.18. The van der Waals surface area contributed by atoms with Gasteiger partial charge in [-0.3, -0.25) is 13.9 Å². The van der Waals surface area contributed by atoms with Gasteiger partial charge >= 0.3 is 0 Å². The van der Waals surface area contributed by atoms with Gasteiger partial charge in [-0.1, -0.05) is 11.6 Å². The van der Waals surface area contributed by atoms with Crippen molar-refractivity contribution in [2.24, 2.45) is 0 Å². The number of halogens is 3. The number of nitrogens with one attached hydrogen (secondary N) is 1. The molecule has 0 saturated carbocycles. The van der Waals surface area contributed by atoms with E-state index in [-0.39, 0.29) is 35.4 Å². The predicted octanol–water partition coefficient (Wildman–Crippen LogP) is 4.48. The largest absolute Gasteiger partial charge is 0.485 e. The van der Waals surface area contributed by atoms with Gasteiger partial charge in [-0.2, -0.15) is 0 Å². The van der Waals surface area contributed by atoms with Gasteiger partial charge in [0.05, 0.1) is 16.7 Å². The molecule has 0 spiro atoms. The molecule has 35 heavy (non-hydrogen) atoms. The topological polar surface area (TPSA) is 92.8 Å². The van der Waals surface area contributed by atoms with Crippen LogP contribution in [0.4, 0.5) is 20.2 Å². The van der Waals surface area contributed by atoms with Gasteiger partial charge in [-0.05, 0) is 70.0 Å². The van der Waals surface area contributed by atoms with Gasteiger partial charge in [0.15, 0.2) is 5.75 Å². The Labute approximate surface area is 207 Å². The van der Waals surface area contributed by atoms with Crippen molar-refractivity contribution in [2.75, 3.05) is 16.2 Å². The van der Waals surface area contributed by atoms with Crippen molar-refractivity contribution in [3.05, 3.63) is 79.6 Å². The van der Waals surface area contributed by atoms with Crippen LogP contribution in [0.2, 0.25) is 5.02 Å². The van der Waals surface area contributed by atoms with Gasteiger partial charge in [-0.25, -0.2) is 17.2 Å². The van der Waals surface area contributed by atoms with Crippen LogP contribution in [0.3, 0.4) is 0 Å². The monoisotopic (exact) mass is 526 g/mol. The molecule has 0 bridgehead atoms. The van der Waals surface area contributed by atoms with Crippen molar-refractivity contribution in [2.45, 2.75) is 50.7 Å². The molecule has 3 aromatic carbocycles. The Hall–Kier alpha value is -2.98. The number of sulfonamides is 1. The third kappa shape index (κ3) is 5.82. The van der Waals surface area contributed by atoms with Crippen molar-refractivity contribution in [3.8, 4) is 5.75 Å². The number of benzene rings is 2. The van der Waals surface area contributed by atoms with Crippen LogP contribution in [0.15, 0.2) is 56.9 Å². The molecule has 0 amide bonds. The number of hydrogen-bond donors (Lipinski definition) is 1. The molecule has 0 aliphatic carbocycles. The zero-order valence-electron chi connectivity index (χ0n) is 19.3. The highest BCUT2D eigenvalue weighted by molar-refractivity contribution is 7.92. The molecule has 1 N–H and O–H groups in total. The van der Waals surface area contributed by atoms with Crippen molar-refractivity contribution >= 4 is 33.0 Å². The summed E-state index contributed by atoms with van der Waals surface area (Å²) in [6, 6.07) is 7.18. The maximum absolute atomic E-state index is 14.7. The average molecular weight is 527 g/mol. The van der Waals surface area contributed by atoms with E-state index in [0.29, 0.717) is 11.4 Å². The summed E-state index contributed by atoms with van der Waals surface area (Å²) in [6.45, 7) is 5.25. The Morgan fingerprint density at radius 3 is 2.31 bits per heavy atom. The lowest BCUT2D eigenvalue weighted by Crippen LogP contribution is -2.40. The molecule has 0 aliphatic heterocycles. The molecule has 3 rings (SSSR count). The van der Waals surface area contributed by atoms with Crippen molar-refractivity contribution in [1.82, 2.24) is 0 Å². The molecule has 0 radical (unpaired) electrons. The first-order chi connectivity index (χ1) is 16.4. The van der Waals surface area contributed by atoms with Crippen molar-refractivity contribution in [1.29, 1.82) is 0 Å². The lowest BCUT2D eigenvalue weighted by molar-refractivity contribution is 0.238. The normalized spacial score (nSPS) is 12.7. The maximum atomic E-state index is 14.7. The lowest BCUT2D eigenvalue weighted by Gasteiger charge is -2.31. The summed E-state index contributed by atoms with van der Waals surface area (Å²) in [6.07, 6.45) is 0.294. The standard InChI is InChI=1S/C24H25ClF2N2O5S/c1-14(2)34-24-21(22(30)23(24)31)28-12-4-5-15(3)29(20-13-17(26)8-11-19(20)27)35(32,33)18-9-6-16(25)7-10-18/h6-11,13-15,28H,4-5,12H2,1-3H3/t15-/m1/s1. The minimum atomic E-state index is -4.28. The minimum absolute atomic E-state index is 0.0215. The van der Waals surface area contributed by atoms with Crippen LogP contribution in [-0.4, -0.2) is 27.1 Å². The SMILES string of the molecule is CC(C)Oc1c(NCCC[C@@H](C)N(c2cc(F)ccc2F)S(=O)(=O)c2ccc(Cl)cc2)c(=O)c1=O. The van der Waals surface area contributed by atoms with Crippen LogP contribution in [0.1, 0.15) is 33.6 Å². The van der Waals surface area contributed by atoms with E-state index < -0.39 is 44.2 Å². The van der Waals surface area contributed by atoms with Crippen LogP contribution in [0.5, 0.6) is 5.75 Å². The first-order valence-corrected chi connectivity index (χ1v) is 12.7. The van der Waals surface area contributed by atoms with Crippen LogP contribution in [-0.2, 0) is 10.0 Å². The predicted molar refractivity (Wildman–Crippen MR) is 132 cm³/mol. The Balaban J connectivity index is 1.81. The zero-order valence-corrected chi connectivity index (χ0v) is 20.9. The van der Waals surface area contributed by atoms with Gasteiger partial charge in [0.2, 0.25) is 0 Å². The molecule has 188 valence electrons. The highest BCUT2D eigenvalue weighted by Gasteiger charge is 2.32. The minimum Gasteiger partial charge on any atom is -0.485 e. The average Bonchev–Trinajstić information content (AvgIpc) is 2.80. The maximum Gasteiger partial charge on any atom is 0.272 e. The summed E-state index contributed by atoms with van der Waals surface area (Å²) >= 11 is 5.87. The highest BCUT2D eigenvalue weighted by atomic mass is 35.5. The van der Waals surface area contributed by atoms with E-state index in [9.17, 15) is 26.8 Å². The van der Waals surface area contributed by atoms with Gasteiger partial charge in [0, 0.05) is 23.7 Å². The second-order valence-corrected chi connectivity index (χ2v) is 10.5. The van der Waals surface area contributed by atoms with Gasteiger partial charge in [-0.15, -0.1) is 0 Å². The van der Waals surface area contributed by atoms with E-state index in [1.165, 1.54) is 24.3 Å². The molecule has 0 aliphatic rings. The molecule has 11 heteroatoms. The summed E-state index contributed by atoms with van der Waals surface area (Å²) < 4.78 is 61.7. The molecule has 0 aromatic heterocycles. The second kappa shape index (κ2) is 10.7. The number of rotatable bonds is 11. The third-order valence-electron chi connectivity index (χ3n) is 5.24. The molecular weight excluding hydrogens is 502 g/mol. The highest BCUT2D eigenvalue weighted by Crippen LogP contribution is 2.31. The smallest absolute Gasteiger partial charge is 0.272 e. The van der Waals surface area contributed by atoms with E-state index in [1.807, 2.05) is 0 Å². The van der Waals surface area contributed by atoms with Gasteiger partial charge < -0.3 is 10.1 Å². The molecule has 0 saturated heterocycles. The molecule has 0 unspecified atom stereocenters. The molecule has 7 nitrogen and oxygen atoms in total. The Bertz CT molecular complexity index is 1370. The van der Waals surface area contributed by atoms with E-state index in [0.717, 1.165) is 22.5 Å². The fourth-order valence-corrected chi connectivity index (χ4v) is 5.40. The second-order valence-electron chi connectivity index (χ2n) is 8.30. The first-order valence-electron chi connectivity index (χ1n) is 10.9. The quantitative estimate of drug-likeness (QED) is 0.292. The Morgan fingerprint density at radius 2 is 1.69 bits per heavy atom. The molecular formula is C24H25ClF2N2O5S. The van der Waals surface area contributed by atoms with E-state index >= 15 is 0 Å². The Kier molecular flexibility index (Phi) is 8.17. The van der Waals surface area contributed by atoms with Crippen LogP contribution < -0.4 is 25.2 Å². The zero-order chi connectivity index (χ0) is 25.9. The van der Waals surface area contributed by atoms with Crippen molar-refractivity contribution < 1.29 is 21.9 Å². The van der Waals surface area contributed by atoms with Crippen LogP contribution in [0, 0.1) is 11.6 Å². The fraction of sp³-hybridized carbons (Fsp3) is 0.333. The molecule has 3 aromatic rings. The third-order valence-corrected chi connectivity index (χ3v) is 7.43. The van der Waals surface area contributed by atoms with E-state index in [1.54, 1.807) is 20.8 Å². The molecule has 1 atom stereocenters. The molecule has 0 heterocycles. The van der Waals surface area contributed by atoms with Crippen LogP contribution in [0.25, 0.3) is 0 Å². The number of ether oxygens (including phenoxy) is 1. The van der Waals surface area contributed by atoms with E-state index in [4.69, 9.17) is 16.3 Å². The fourth-order valence-electron chi connectivity index (χ4n) is 3.59. The van der Waals surface area contributed by atoms with Crippen LogP contribution >= 0.6 is 11.6 Å². The van der Waals surface area contributed by atoms with Gasteiger partial charge in [0.25, 0.3) is 20.9 Å². The summed E-state index contributed by atoms with van der Waals surface area (Å²) in [5.74, 6) is -1.70. The lowest BCUT2D eigenvalue weighted by atomic mass is 10.1. The summed E-state index contributed by atoms with van der Waals surface area (Å²) in [4.78, 5) is 23.4. The number of hydrogen-bond acceptors (Lipinski definition) is 6. The van der Waals surface area contributed by atoms with E-state index in [2.05, 4.69) is 5.32 Å². The Morgan fingerprint density at radius 1 is 1.03 bits per heavy atom. The van der Waals surface area contributed by atoms with Gasteiger partial charge in [0.1, 0.15) is 17.3 Å². The number of nitrogens with zero attached hydrogens (tertiary/aromatic N) is 1. The summed E-state index contributed by atoms with van der Waals surface area (Å²) in [5.41, 5.74) is -1.72. The van der Waals surface area contributed by atoms with Crippen molar-refractivity contribution in [3.63, 3.8) is 0 Å². The molecule has 0 fully saturated rings. The number of anilines is 2.